The molecule has 1 rings (SSSR count). The summed E-state index contributed by atoms with van der Waals surface area (Å²) >= 11 is 0. The Morgan fingerprint density at radius 3 is 2.72 bits per heavy atom. The summed E-state index contributed by atoms with van der Waals surface area (Å²) in [5.74, 6) is -0.101. The molecule has 0 aromatic heterocycles. The molecule has 0 spiro atoms. The normalized spacial score (nSPS) is 19.7. The van der Waals surface area contributed by atoms with E-state index in [-0.39, 0.29) is 0 Å². The van der Waals surface area contributed by atoms with E-state index in [0.29, 0.717) is 24.9 Å². The fourth-order valence-corrected chi connectivity index (χ4v) is 2.21. The molecule has 1 heterocycles. The highest BCUT2D eigenvalue weighted by Crippen LogP contribution is 2.08. The van der Waals surface area contributed by atoms with Crippen molar-refractivity contribution in [2.45, 2.75) is 26.7 Å². The Labute approximate surface area is 109 Å². The molecule has 1 atom stereocenters. The quantitative estimate of drug-likeness (QED) is 0.706. The second kappa shape index (κ2) is 7.36. The Morgan fingerprint density at radius 2 is 2.17 bits per heavy atom. The average Bonchev–Trinajstić information content (AvgIpc) is 2.35. The van der Waals surface area contributed by atoms with E-state index in [9.17, 15) is 9.59 Å². The lowest BCUT2D eigenvalue weighted by Crippen LogP contribution is -2.45. The third-order valence-electron chi connectivity index (χ3n) is 3.13. The minimum Gasteiger partial charge on any atom is -0.348 e. The third kappa shape index (κ3) is 5.04. The van der Waals surface area contributed by atoms with Crippen LogP contribution in [0.2, 0.25) is 0 Å². The van der Waals surface area contributed by atoms with Crippen LogP contribution in [0.25, 0.3) is 0 Å². The minimum absolute atomic E-state index is 0.370. The number of nitrogens with zero attached hydrogens (tertiary/aromatic N) is 1. The van der Waals surface area contributed by atoms with E-state index < -0.39 is 11.8 Å². The highest BCUT2D eigenvalue weighted by molar-refractivity contribution is 6.34. The Hall–Kier alpha value is -1.10. The van der Waals surface area contributed by atoms with Gasteiger partial charge in [-0.05, 0) is 37.8 Å². The molecule has 104 valence electrons. The molecule has 2 amide bonds. The van der Waals surface area contributed by atoms with Gasteiger partial charge in [-0.2, -0.15) is 0 Å². The van der Waals surface area contributed by atoms with E-state index in [1.54, 1.807) is 7.05 Å². The standard InChI is InChI=1S/C13H25N3O2/c1-10(2)9-16(3)13(18)12(17)15-8-11-5-4-6-14-7-11/h10-11,14H,4-9H2,1-3H3,(H,15,17). The first-order valence-corrected chi connectivity index (χ1v) is 6.74. The third-order valence-corrected chi connectivity index (χ3v) is 3.13. The summed E-state index contributed by atoms with van der Waals surface area (Å²) in [6, 6.07) is 0. The number of piperidine rings is 1. The largest absolute Gasteiger partial charge is 0.348 e. The van der Waals surface area contributed by atoms with Crippen molar-refractivity contribution in [3.63, 3.8) is 0 Å². The topological polar surface area (TPSA) is 61.4 Å². The fraction of sp³-hybridized carbons (Fsp3) is 0.846. The number of likely N-dealkylation sites (N-methyl/N-ethyl adjacent to an activating group) is 1. The number of hydrogen-bond acceptors (Lipinski definition) is 3. The molecule has 0 bridgehead atoms. The summed E-state index contributed by atoms with van der Waals surface area (Å²) in [4.78, 5) is 24.9. The van der Waals surface area contributed by atoms with Gasteiger partial charge in [-0.3, -0.25) is 9.59 Å². The van der Waals surface area contributed by atoms with Gasteiger partial charge in [0.05, 0.1) is 0 Å². The summed E-state index contributed by atoms with van der Waals surface area (Å²) in [6.45, 7) is 7.23. The lowest BCUT2D eigenvalue weighted by molar-refractivity contribution is -0.145. The number of carbonyl (C=O) groups is 2. The Kier molecular flexibility index (Phi) is 6.12. The van der Waals surface area contributed by atoms with Crippen LogP contribution in [0.1, 0.15) is 26.7 Å². The van der Waals surface area contributed by atoms with E-state index in [0.717, 1.165) is 25.9 Å². The maximum absolute atomic E-state index is 11.7. The van der Waals surface area contributed by atoms with Crippen molar-refractivity contribution in [3.05, 3.63) is 0 Å². The first-order valence-electron chi connectivity index (χ1n) is 6.74. The molecule has 1 unspecified atom stereocenters. The highest BCUT2D eigenvalue weighted by Gasteiger charge is 2.20. The molecule has 1 fully saturated rings. The van der Waals surface area contributed by atoms with Crippen LogP contribution in [-0.2, 0) is 9.59 Å². The molecule has 0 radical (unpaired) electrons. The first-order chi connectivity index (χ1) is 8.50. The molecular formula is C13H25N3O2. The van der Waals surface area contributed by atoms with Crippen LogP contribution < -0.4 is 10.6 Å². The van der Waals surface area contributed by atoms with Gasteiger partial charge in [-0.15, -0.1) is 0 Å². The van der Waals surface area contributed by atoms with Crippen LogP contribution in [0.15, 0.2) is 0 Å². The minimum atomic E-state index is -0.483. The van der Waals surface area contributed by atoms with Crippen molar-refractivity contribution in [1.82, 2.24) is 15.5 Å². The lowest BCUT2D eigenvalue weighted by Gasteiger charge is -2.23. The van der Waals surface area contributed by atoms with Crippen LogP contribution >= 0.6 is 0 Å². The molecular weight excluding hydrogens is 230 g/mol. The summed E-state index contributed by atoms with van der Waals surface area (Å²) in [6.07, 6.45) is 2.25. The average molecular weight is 255 g/mol. The van der Waals surface area contributed by atoms with Gasteiger partial charge in [-0.1, -0.05) is 13.8 Å². The van der Waals surface area contributed by atoms with Gasteiger partial charge in [-0.25, -0.2) is 0 Å². The van der Waals surface area contributed by atoms with E-state index in [1.165, 1.54) is 4.90 Å². The Bertz CT molecular complexity index is 286. The number of rotatable bonds is 4. The molecule has 0 aromatic rings. The number of nitrogens with one attached hydrogen (secondary N) is 2. The van der Waals surface area contributed by atoms with Crippen molar-refractivity contribution in [3.8, 4) is 0 Å². The monoisotopic (exact) mass is 255 g/mol. The zero-order chi connectivity index (χ0) is 13.5. The van der Waals surface area contributed by atoms with Crippen molar-refractivity contribution < 1.29 is 9.59 Å². The van der Waals surface area contributed by atoms with E-state index >= 15 is 0 Å². The number of amides is 2. The first kappa shape index (κ1) is 15.0. The van der Waals surface area contributed by atoms with Gasteiger partial charge in [0.25, 0.3) is 0 Å². The molecule has 0 aromatic carbocycles. The molecule has 18 heavy (non-hydrogen) atoms. The maximum Gasteiger partial charge on any atom is 0.311 e. The summed E-state index contributed by atoms with van der Waals surface area (Å²) in [5, 5.41) is 6.03. The van der Waals surface area contributed by atoms with Crippen molar-refractivity contribution >= 4 is 11.8 Å². The maximum atomic E-state index is 11.7. The lowest BCUT2D eigenvalue weighted by atomic mass is 10.00. The van der Waals surface area contributed by atoms with Gasteiger partial charge in [0.2, 0.25) is 0 Å². The molecule has 1 saturated heterocycles. The number of carbonyl (C=O) groups excluding carboxylic acids is 2. The van der Waals surface area contributed by atoms with Crippen LogP contribution in [0.5, 0.6) is 0 Å². The molecule has 5 heteroatoms. The van der Waals surface area contributed by atoms with Gasteiger partial charge >= 0.3 is 11.8 Å². The second-order valence-electron chi connectivity index (χ2n) is 5.50. The van der Waals surface area contributed by atoms with Gasteiger partial charge in [0.1, 0.15) is 0 Å². The van der Waals surface area contributed by atoms with E-state index in [4.69, 9.17) is 0 Å². The molecule has 1 aliphatic rings. The number of hydrogen-bond donors (Lipinski definition) is 2. The van der Waals surface area contributed by atoms with Crippen LogP contribution in [0.3, 0.4) is 0 Å². The van der Waals surface area contributed by atoms with Crippen LogP contribution in [0, 0.1) is 11.8 Å². The highest BCUT2D eigenvalue weighted by atomic mass is 16.2. The molecule has 0 saturated carbocycles. The summed E-state index contributed by atoms with van der Waals surface area (Å²) < 4.78 is 0. The fourth-order valence-electron chi connectivity index (χ4n) is 2.21. The Morgan fingerprint density at radius 1 is 1.44 bits per heavy atom. The molecule has 0 aliphatic carbocycles. The SMILES string of the molecule is CC(C)CN(C)C(=O)C(=O)NCC1CCCNC1. The van der Waals surface area contributed by atoms with Crippen molar-refractivity contribution in [1.29, 1.82) is 0 Å². The van der Waals surface area contributed by atoms with Gasteiger partial charge in [0, 0.05) is 20.1 Å². The van der Waals surface area contributed by atoms with Crippen LogP contribution in [0.4, 0.5) is 0 Å². The smallest absolute Gasteiger partial charge is 0.311 e. The second-order valence-corrected chi connectivity index (χ2v) is 5.50. The van der Waals surface area contributed by atoms with Crippen molar-refractivity contribution in [2.75, 3.05) is 33.2 Å². The van der Waals surface area contributed by atoms with E-state index in [2.05, 4.69) is 10.6 Å². The summed E-state index contributed by atoms with van der Waals surface area (Å²) in [7, 11) is 1.67. The van der Waals surface area contributed by atoms with Gasteiger partial charge in [0.15, 0.2) is 0 Å². The zero-order valence-electron chi connectivity index (χ0n) is 11.7. The zero-order valence-corrected chi connectivity index (χ0v) is 11.7. The molecule has 5 nitrogen and oxygen atoms in total. The predicted octanol–water partition coefficient (Wildman–Crippen LogP) is 0.217. The summed E-state index contributed by atoms with van der Waals surface area (Å²) in [5.41, 5.74) is 0. The predicted molar refractivity (Wildman–Crippen MR) is 71.1 cm³/mol. The van der Waals surface area contributed by atoms with Gasteiger partial charge < -0.3 is 15.5 Å². The molecule has 1 aliphatic heterocycles. The van der Waals surface area contributed by atoms with E-state index in [1.807, 2.05) is 13.8 Å². The Balaban J connectivity index is 2.28. The molecule has 2 N–H and O–H groups in total. The van der Waals surface area contributed by atoms with Crippen molar-refractivity contribution in [2.24, 2.45) is 11.8 Å². The van der Waals surface area contributed by atoms with Crippen LogP contribution in [-0.4, -0.2) is 49.9 Å².